The number of benzene rings is 2. The Balaban J connectivity index is 0.00000191. The molecule has 2 aromatic rings. The van der Waals surface area contributed by atoms with Gasteiger partial charge in [-0.3, -0.25) is 33.6 Å². The van der Waals surface area contributed by atoms with Crippen LogP contribution in [0.5, 0.6) is 0 Å². The van der Waals surface area contributed by atoms with E-state index < -0.39 is 83.3 Å². The van der Waals surface area contributed by atoms with E-state index in [4.69, 9.17) is 9.90 Å². The summed E-state index contributed by atoms with van der Waals surface area (Å²) in [5, 5.41) is 33.4. The first kappa shape index (κ1) is 54.6. The number of carboxylic acid groups (broad SMARTS) is 2. The molecule has 1 fully saturated rings. The lowest BCUT2D eigenvalue weighted by atomic mass is 9.87. The number of hydrogen-bond acceptors (Lipinski definition) is 9. The third kappa shape index (κ3) is 19.8. The number of halogens is 3. The molecule has 1 aliphatic heterocycles. The molecule has 1 aliphatic rings. The van der Waals surface area contributed by atoms with Crippen molar-refractivity contribution < 1.29 is 66.5 Å². The van der Waals surface area contributed by atoms with Crippen LogP contribution in [-0.4, -0.2) is 124 Å². The summed E-state index contributed by atoms with van der Waals surface area (Å²) in [6, 6.07) is 13.8. The lowest BCUT2D eigenvalue weighted by molar-refractivity contribution is -0.192. The summed E-state index contributed by atoms with van der Waals surface area (Å²) in [5.41, 5.74) is 0.0116. The van der Waals surface area contributed by atoms with Gasteiger partial charge in [-0.05, 0) is 55.6 Å². The molecule has 2 aromatic carbocycles. The molecule has 0 aromatic heterocycles. The Morgan fingerprint density at radius 2 is 1.09 bits per heavy atom. The predicted octanol–water partition coefficient (Wildman–Crippen LogP) is 2.00. The molecule has 18 nitrogen and oxygen atoms in total. The van der Waals surface area contributed by atoms with E-state index in [2.05, 4.69) is 31.9 Å². The average molecular weight is 920 g/mol. The zero-order chi connectivity index (χ0) is 48.9. The molecule has 0 bridgehead atoms. The summed E-state index contributed by atoms with van der Waals surface area (Å²) in [5.74, 6) is -7.47. The molecule has 358 valence electrons. The van der Waals surface area contributed by atoms with Crippen LogP contribution in [0.1, 0.15) is 84.3 Å². The van der Waals surface area contributed by atoms with Crippen LogP contribution in [0.25, 0.3) is 0 Å². The Labute approximate surface area is 375 Å². The van der Waals surface area contributed by atoms with Crippen molar-refractivity contribution in [2.45, 2.75) is 122 Å². The molecule has 8 N–H and O–H groups in total. The van der Waals surface area contributed by atoms with Crippen LogP contribution >= 0.6 is 0 Å². The predicted molar refractivity (Wildman–Crippen MR) is 229 cm³/mol. The highest BCUT2D eigenvalue weighted by Crippen LogP contribution is 2.24. The molecule has 65 heavy (non-hydrogen) atoms. The van der Waals surface area contributed by atoms with Crippen molar-refractivity contribution in [3.8, 4) is 0 Å². The molecule has 4 atom stereocenters. The second kappa shape index (κ2) is 26.3. The van der Waals surface area contributed by atoms with Gasteiger partial charge >= 0.3 is 18.1 Å². The number of nitrogens with one attached hydrogen (secondary N) is 6. The number of hydrogen-bond donors (Lipinski definition) is 8. The van der Waals surface area contributed by atoms with Crippen molar-refractivity contribution in [3.05, 3.63) is 71.8 Å². The third-order valence-corrected chi connectivity index (χ3v) is 10.1. The van der Waals surface area contributed by atoms with Crippen molar-refractivity contribution in [2.75, 3.05) is 19.6 Å². The normalized spacial score (nSPS) is 15.0. The van der Waals surface area contributed by atoms with Crippen LogP contribution in [0.2, 0.25) is 0 Å². The lowest BCUT2D eigenvalue weighted by Crippen LogP contribution is -2.62. The summed E-state index contributed by atoms with van der Waals surface area (Å²) < 4.78 is 31.7. The number of amides is 7. The first-order valence-electron chi connectivity index (χ1n) is 21.1. The van der Waals surface area contributed by atoms with Crippen LogP contribution in [-0.2, 0) is 56.0 Å². The highest BCUT2D eigenvalue weighted by Gasteiger charge is 2.44. The van der Waals surface area contributed by atoms with Gasteiger partial charge in [-0.2, -0.15) is 13.2 Å². The topological polar surface area (TPSA) is 270 Å². The molecule has 0 radical (unpaired) electrons. The van der Waals surface area contributed by atoms with Gasteiger partial charge in [0.1, 0.15) is 29.7 Å². The fourth-order valence-electron chi connectivity index (χ4n) is 6.94. The summed E-state index contributed by atoms with van der Waals surface area (Å²) in [7, 11) is 0. The van der Waals surface area contributed by atoms with Gasteiger partial charge in [-0.25, -0.2) is 9.59 Å². The number of carbonyl (C=O) groups is 9. The molecular formula is C44H60F3N7O11. The molecule has 0 spiro atoms. The largest absolute Gasteiger partial charge is 0.490 e. The van der Waals surface area contributed by atoms with E-state index in [1.807, 2.05) is 50.2 Å². The molecule has 0 aliphatic carbocycles. The minimum atomic E-state index is -5.08. The number of carbonyl (C=O) groups excluding carboxylic acids is 7. The van der Waals surface area contributed by atoms with E-state index in [0.717, 1.165) is 11.1 Å². The number of carboxylic acids is 2. The van der Waals surface area contributed by atoms with Crippen molar-refractivity contribution in [1.29, 1.82) is 0 Å². The fraction of sp³-hybridized carbons (Fsp3) is 0.523. The van der Waals surface area contributed by atoms with Gasteiger partial charge in [0.15, 0.2) is 0 Å². The average Bonchev–Trinajstić information content (AvgIpc) is 3.22. The number of rotatable bonds is 21. The molecular weight excluding hydrogens is 860 g/mol. The van der Waals surface area contributed by atoms with Gasteiger partial charge in [0.05, 0.1) is 0 Å². The summed E-state index contributed by atoms with van der Waals surface area (Å²) >= 11 is 0. The summed E-state index contributed by atoms with van der Waals surface area (Å²) in [6.07, 6.45) is -3.56. The Bertz CT molecular complexity index is 1940. The molecule has 1 heterocycles. The Morgan fingerprint density at radius 1 is 0.646 bits per heavy atom. The molecule has 0 saturated carbocycles. The Morgan fingerprint density at radius 3 is 1.51 bits per heavy atom. The van der Waals surface area contributed by atoms with Crippen LogP contribution in [0.3, 0.4) is 0 Å². The van der Waals surface area contributed by atoms with E-state index >= 15 is 0 Å². The van der Waals surface area contributed by atoms with Gasteiger partial charge in [-0.15, -0.1) is 0 Å². The van der Waals surface area contributed by atoms with E-state index in [-0.39, 0.29) is 63.4 Å². The fourth-order valence-corrected chi connectivity index (χ4v) is 6.94. The number of likely N-dealkylation sites (tertiary alicyclic amines) is 1. The molecule has 1 saturated heterocycles. The number of alkyl halides is 3. The summed E-state index contributed by atoms with van der Waals surface area (Å²) in [6.45, 7) is 8.07. The monoisotopic (exact) mass is 919 g/mol. The van der Waals surface area contributed by atoms with Crippen molar-refractivity contribution >= 4 is 53.3 Å². The smallest absolute Gasteiger partial charge is 0.480 e. The SMILES string of the molecule is CC(=O)NCCCC[C@@H](NC(=O)[C@@H](CC(C)C)NC(=O)[C@@H](Cc1ccccc1)NC(=O)[C@@H](Cc1ccccc1)NC(C)=O)C(=O)N1CCC(NC(C)=O)(C(=O)O)CC1.O=C(O)C(F)(F)F. The Kier molecular flexibility index (Phi) is 22.1. The standard InChI is InChI=1S/C42H59N7O9.C2HF3O2/c1-27(2)24-34(37(53)45-33(18-12-13-21-43-28(3)50)40(56)49-22-19-42(20-23-49,41(57)58)48-30(5)52)46-39(55)36(26-32-16-10-7-11-17-32)47-38(54)35(44-29(4)51)25-31-14-8-6-9-15-31;3-2(4,5)1(6)7/h6-11,14-17,27,33-36H,12-13,18-26H2,1-5H3,(H,43,50)(H,44,51)(H,45,53)(H,46,55)(H,47,54)(H,48,52)(H,57,58);(H,6,7)/t33-,34-,35-,36-;/m1./s1. The zero-order valence-electron chi connectivity index (χ0n) is 37.1. The van der Waals surface area contributed by atoms with E-state index in [1.54, 1.807) is 24.3 Å². The van der Waals surface area contributed by atoms with Crippen molar-refractivity contribution in [3.63, 3.8) is 0 Å². The minimum absolute atomic E-state index is 0.0143. The van der Waals surface area contributed by atoms with Crippen molar-refractivity contribution in [2.24, 2.45) is 5.92 Å². The van der Waals surface area contributed by atoms with Crippen LogP contribution < -0.4 is 31.9 Å². The van der Waals surface area contributed by atoms with E-state index in [1.165, 1.54) is 25.7 Å². The molecule has 3 rings (SSSR count). The third-order valence-electron chi connectivity index (χ3n) is 10.1. The van der Waals surface area contributed by atoms with Gasteiger partial charge < -0.3 is 47.0 Å². The van der Waals surface area contributed by atoms with Crippen LogP contribution in [0.4, 0.5) is 13.2 Å². The van der Waals surface area contributed by atoms with Crippen molar-refractivity contribution in [1.82, 2.24) is 36.8 Å². The lowest BCUT2D eigenvalue weighted by Gasteiger charge is -2.40. The van der Waals surface area contributed by atoms with Gasteiger partial charge in [0.25, 0.3) is 0 Å². The van der Waals surface area contributed by atoms with Crippen LogP contribution in [0.15, 0.2) is 60.7 Å². The minimum Gasteiger partial charge on any atom is -0.480 e. The van der Waals surface area contributed by atoms with E-state index in [0.29, 0.717) is 19.4 Å². The maximum atomic E-state index is 14.2. The zero-order valence-corrected chi connectivity index (χ0v) is 37.1. The number of piperidine rings is 1. The van der Waals surface area contributed by atoms with Crippen LogP contribution in [0, 0.1) is 5.92 Å². The van der Waals surface area contributed by atoms with Gasteiger partial charge in [0, 0.05) is 53.2 Å². The first-order valence-corrected chi connectivity index (χ1v) is 21.1. The highest BCUT2D eigenvalue weighted by atomic mass is 19.4. The first-order chi connectivity index (χ1) is 30.4. The second-order valence-electron chi connectivity index (χ2n) is 16.1. The quantitative estimate of drug-likeness (QED) is 0.0840. The number of aliphatic carboxylic acids is 2. The number of nitrogens with zero attached hydrogens (tertiary/aromatic N) is 1. The maximum absolute atomic E-state index is 14.2. The highest BCUT2D eigenvalue weighted by molar-refractivity contribution is 5.96. The molecule has 0 unspecified atom stereocenters. The second-order valence-corrected chi connectivity index (χ2v) is 16.1. The molecule has 7 amide bonds. The maximum Gasteiger partial charge on any atom is 0.490 e. The number of unbranched alkanes of at least 4 members (excludes halogenated alkanes) is 1. The van der Waals surface area contributed by atoms with E-state index in [9.17, 15) is 56.6 Å². The summed E-state index contributed by atoms with van der Waals surface area (Å²) in [4.78, 5) is 114. The Hall–Kier alpha value is -6.54. The molecule has 21 heteroatoms. The van der Waals surface area contributed by atoms with Gasteiger partial charge in [0.2, 0.25) is 41.4 Å². The van der Waals surface area contributed by atoms with Gasteiger partial charge in [-0.1, -0.05) is 74.5 Å².